The molecule has 0 aromatic heterocycles. The number of halogens is 2. The van der Waals surface area contributed by atoms with Crippen molar-refractivity contribution >= 4 is 43.2 Å². The van der Waals surface area contributed by atoms with Gasteiger partial charge in [-0.3, -0.25) is 4.90 Å². The van der Waals surface area contributed by atoms with Gasteiger partial charge in [0.25, 0.3) is 0 Å². The molecule has 1 aliphatic rings. The Kier molecular flexibility index (Phi) is 5.31. The largest absolute Gasteiger partial charge is 0.392 e. The molecule has 2 rings (SSSR count). The van der Waals surface area contributed by atoms with E-state index in [-0.39, 0.29) is 4.90 Å². The number of piperazine rings is 1. The summed E-state index contributed by atoms with van der Waals surface area (Å²) in [7, 11) is -3.81. The normalized spacial score (nSPS) is 17.8. The first-order chi connectivity index (χ1) is 9.80. The average Bonchev–Trinajstić information content (AvgIpc) is 2.38. The Labute approximate surface area is 137 Å². The molecule has 21 heavy (non-hydrogen) atoms. The van der Waals surface area contributed by atoms with Crippen molar-refractivity contribution in [2.24, 2.45) is 5.73 Å². The van der Waals surface area contributed by atoms with Crippen LogP contribution in [-0.2, 0) is 10.0 Å². The first kappa shape index (κ1) is 16.8. The second-order valence-electron chi connectivity index (χ2n) is 4.72. The van der Waals surface area contributed by atoms with Crippen LogP contribution in [-0.4, -0.2) is 55.3 Å². The molecule has 1 aromatic carbocycles. The van der Waals surface area contributed by atoms with Crippen molar-refractivity contribution in [1.82, 2.24) is 9.21 Å². The molecule has 1 aliphatic heterocycles. The molecule has 0 unspecified atom stereocenters. The Balaban J connectivity index is 2.13. The number of thiocarbonyl (C=S) groups is 1. The second-order valence-corrected chi connectivity index (χ2v) is 8.07. The van der Waals surface area contributed by atoms with Gasteiger partial charge in [-0.1, -0.05) is 28.1 Å². The highest BCUT2D eigenvalue weighted by Crippen LogP contribution is 2.23. The van der Waals surface area contributed by atoms with Gasteiger partial charge in [0.15, 0.2) is 0 Å². The molecular formula is C12H15BrFN3O2S2. The van der Waals surface area contributed by atoms with Gasteiger partial charge in [0.2, 0.25) is 10.0 Å². The Morgan fingerprint density at radius 3 is 2.48 bits per heavy atom. The lowest BCUT2D eigenvalue weighted by Gasteiger charge is -2.33. The summed E-state index contributed by atoms with van der Waals surface area (Å²) in [6.45, 7) is 2.10. The van der Waals surface area contributed by atoms with Crippen LogP contribution in [0.2, 0.25) is 0 Å². The zero-order chi connectivity index (χ0) is 15.6. The second kappa shape index (κ2) is 6.66. The number of rotatable bonds is 4. The maximum absolute atomic E-state index is 13.9. The Bertz CT molecular complexity index is 646. The SMILES string of the molecule is NC(=S)CN1CCN(S(=O)(=O)c2ccc(Br)cc2F)CC1. The molecular weight excluding hydrogens is 381 g/mol. The minimum atomic E-state index is -3.81. The zero-order valence-electron chi connectivity index (χ0n) is 11.1. The van der Waals surface area contributed by atoms with Crippen LogP contribution in [0.4, 0.5) is 4.39 Å². The van der Waals surface area contributed by atoms with Crippen LogP contribution in [0.3, 0.4) is 0 Å². The quantitative estimate of drug-likeness (QED) is 0.775. The monoisotopic (exact) mass is 395 g/mol. The Hall–Kier alpha value is -0.610. The zero-order valence-corrected chi connectivity index (χ0v) is 14.3. The molecule has 0 bridgehead atoms. The summed E-state index contributed by atoms with van der Waals surface area (Å²) in [5, 5.41) is 0. The van der Waals surface area contributed by atoms with E-state index >= 15 is 0 Å². The van der Waals surface area contributed by atoms with Crippen LogP contribution >= 0.6 is 28.1 Å². The van der Waals surface area contributed by atoms with Crippen molar-refractivity contribution in [3.63, 3.8) is 0 Å². The van der Waals surface area contributed by atoms with Gasteiger partial charge < -0.3 is 5.73 Å². The molecule has 0 aliphatic carbocycles. The van der Waals surface area contributed by atoms with Crippen LogP contribution in [0.5, 0.6) is 0 Å². The summed E-state index contributed by atoms with van der Waals surface area (Å²) in [6, 6.07) is 3.94. The fraction of sp³-hybridized carbons (Fsp3) is 0.417. The molecule has 0 amide bonds. The lowest BCUT2D eigenvalue weighted by atomic mass is 10.3. The third-order valence-corrected chi connectivity index (χ3v) is 5.78. The van der Waals surface area contributed by atoms with Crippen LogP contribution in [0, 0.1) is 5.82 Å². The number of nitrogens with zero attached hydrogens (tertiary/aromatic N) is 2. The molecule has 1 fully saturated rings. The summed E-state index contributed by atoms with van der Waals surface area (Å²) in [6.07, 6.45) is 0. The van der Waals surface area contributed by atoms with Gasteiger partial charge >= 0.3 is 0 Å². The van der Waals surface area contributed by atoms with Crippen molar-refractivity contribution < 1.29 is 12.8 Å². The highest BCUT2D eigenvalue weighted by molar-refractivity contribution is 9.10. The van der Waals surface area contributed by atoms with Crippen LogP contribution in [0.15, 0.2) is 27.6 Å². The standard InChI is InChI=1S/C12H15BrFN3O2S2/c13-9-1-2-11(10(14)7-9)21(18,19)17-5-3-16(4-6-17)8-12(15)20/h1-2,7H,3-6,8H2,(H2,15,20). The van der Waals surface area contributed by atoms with E-state index < -0.39 is 15.8 Å². The van der Waals surface area contributed by atoms with E-state index in [1.807, 2.05) is 4.90 Å². The fourth-order valence-corrected chi connectivity index (χ4v) is 4.16. The number of nitrogens with two attached hydrogens (primary N) is 1. The molecule has 0 spiro atoms. The first-order valence-electron chi connectivity index (χ1n) is 6.26. The Morgan fingerprint density at radius 1 is 1.33 bits per heavy atom. The van der Waals surface area contributed by atoms with Crippen molar-refractivity contribution in [3.8, 4) is 0 Å². The number of benzene rings is 1. The fourth-order valence-electron chi connectivity index (χ4n) is 2.17. The van der Waals surface area contributed by atoms with Crippen molar-refractivity contribution in [2.75, 3.05) is 32.7 Å². The molecule has 1 aromatic rings. The minimum Gasteiger partial charge on any atom is -0.392 e. The lowest BCUT2D eigenvalue weighted by Crippen LogP contribution is -2.50. The van der Waals surface area contributed by atoms with Gasteiger partial charge in [-0.15, -0.1) is 0 Å². The Morgan fingerprint density at radius 2 is 1.95 bits per heavy atom. The lowest BCUT2D eigenvalue weighted by molar-refractivity contribution is 0.209. The molecule has 116 valence electrons. The van der Waals surface area contributed by atoms with Gasteiger partial charge in [-0.05, 0) is 18.2 Å². The summed E-state index contributed by atoms with van der Waals surface area (Å²) < 4.78 is 40.6. The molecule has 5 nitrogen and oxygen atoms in total. The van der Waals surface area contributed by atoms with Crippen LogP contribution < -0.4 is 5.73 Å². The number of hydrogen-bond donors (Lipinski definition) is 1. The number of sulfonamides is 1. The predicted molar refractivity (Wildman–Crippen MR) is 86.1 cm³/mol. The number of hydrogen-bond acceptors (Lipinski definition) is 4. The topological polar surface area (TPSA) is 66.6 Å². The van der Waals surface area contributed by atoms with Gasteiger partial charge in [0, 0.05) is 37.2 Å². The average molecular weight is 396 g/mol. The third kappa shape index (κ3) is 3.98. The maximum Gasteiger partial charge on any atom is 0.246 e. The molecule has 0 radical (unpaired) electrons. The first-order valence-corrected chi connectivity index (χ1v) is 8.90. The summed E-state index contributed by atoms with van der Waals surface area (Å²) in [4.78, 5) is 2.06. The van der Waals surface area contributed by atoms with E-state index in [9.17, 15) is 12.8 Å². The molecule has 1 saturated heterocycles. The predicted octanol–water partition coefficient (Wildman–Crippen LogP) is 1.18. The molecule has 0 atom stereocenters. The molecule has 1 heterocycles. The van der Waals surface area contributed by atoms with E-state index in [0.717, 1.165) is 6.07 Å². The molecule has 9 heteroatoms. The van der Waals surface area contributed by atoms with Gasteiger partial charge in [0.1, 0.15) is 10.7 Å². The van der Waals surface area contributed by atoms with Crippen molar-refractivity contribution in [1.29, 1.82) is 0 Å². The van der Waals surface area contributed by atoms with E-state index in [0.29, 0.717) is 42.2 Å². The van der Waals surface area contributed by atoms with Gasteiger partial charge in [-0.25, -0.2) is 12.8 Å². The van der Waals surface area contributed by atoms with Gasteiger partial charge in [0.05, 0.1) is 4.99 Å². The highest BCUT2D eigenvalue weighted by atomic mass is 79.9. The molecule has 2 N–H and O–H groups in total. The van der Waals surface area contributed by atoms with E-state index in [2.05, 4.69) is 15.9 Å². The van der Waals surface area contributed by atoms with Gasteiger partial charge in [-0.2, -0.15) is 4.31 Å². The maximum atomic E-state index is 13.9. The van der Waals surface area contributed by atoms with Crippen LogP contribution in [0.25, 0.3) is 0 Å². The summed E-state index contributed by atoms with van der Waals surface area (Å²) in [5.74, 6) is -0.755. The summed E-state index contributed by atoms with van der Waals surface area (Å²) >= 11 is 7.95. The summed E-state index contributed by atoms with van der Waals surface area (Å²) in [5.41, 5.74) is 5.47. The smallest absolute Gasteiger partial charge is 0.246 e. The van der Waals surface area contributed by atoms with E-state index in [1.165, 1.54) is 16.4 Å². The third-order valence-electron chi connectivity index (χ3n) is 3.22. The van der Waals surface area contributed by atoms with Crippen molar-refractivity contribution in [3.05, 3.63) is 28.5 Å². The van der Waals surface area contributed by atoms with Crippen LogP contribution in [0.1, 0.15) is 0 Å². The molecule has 0 saturated carbocycles. The van der Waals surface area contributed by atoms with Crippen molar-refractivity contribution in [2.45, 2.75) is 4.90 Å². The van der Waals surface area contributed by atoms with E-state index in [1.54, 1.807) is 0 Å². The minimum absolute atomic E-state index is 0.292. The highest BCUT2D eigenvalue weighted by Gasteiger charge is 2.30. The van der Waals surface area contributed by atoms with E-state index in [4.69, 9.17) is 18.0 Å².